The van der Waals surface area contributed by atoms with Gasteiger partial charge in [0.1, 0.15) is 0 Å². The predicted octanol–water partition coefficient (Wildman–Crippen LogP) is 11.8. The molecule has 0 N–H and O–H groups in total. The van der Waals surface area contributed by atoms with Crippen molar-refractivity contribution in [2.75, 3.05) is 0 Å². The maximum Gasteiger partial charge on any atom is 0.383 e. The smallest absolute Gasteiger partial charge is 0.309 e. The van der Waals surface area contributed by atoms with Crippen molar-refractivity contribution in [2.24, 2.45) is 11.8 Å². The van der Waals surface area contributed by atoms with Crippen LogP contribution < -0.4 is 0 Å². The fourth-order valence-electron chi connectivity index (χ4n) is 6.91. The molecule has 0 spiro atoms. The third kappa shape index (κ3) is 8.62. The summed E-state index contributed by atoms with van der Waals surface area (Å²) in [4.78, 5) is 0. The fourth-order valence-corrected chi connectivity index (χ4v) is 6.91. The Kier molecular flexibility index (Phi) is 11.6. The second-order valence-corrected chi connectivity index (χ2v) is 12.3. The summed E-state index contributed by atoms with van der Waals surface area (Å²) in [6, 6.07) is 15.1. The quantitative estimate of drug-likeness (QED) is 0.240. The molecule has 2 aromatic rings. The van der Waals surface area contributed by atoms with Gasteiger partial charge >= 0.3 is 6.11 Å². The van der Waals surface area contributed by atoms with Gasteiger partial charge in [-0.1, -0.05) is 72.8 Å². The molecule has 40 heavy (non-hydrogen) atoms. The van der Waals surface area contributed by atoms with Gasteiger partial charge in [-0.15, -0.1) is 0 Å². The van der Waals surface area contributed by atoms with Crippen LogP contribution in [0.5, 0.6) is 0 Å². The van der Waals surface area contributed by atoms with Gasteiger partial charge in [0.2, 0.25) is 0 Å². The number of benzene rings is 2. The van der Waals surface area contributed by atoms with Crippen molar-refractivity contribution < 1.29 is 13.5 Å². The van der Waals surface area contributed by atoms with Crippen LogP contribution in [-0.4, -0.2) is 0 Å². The van der Waals surface area contributed by atoms with Crippen molar-refractivity contribution in [1.82, 2.24) is 0 Å². The molecule has 1 atom stereocenters. The summed E-state index contributed by atoms with van der Waals surface area (Å²) < 4.78 is 35.7. The second kappa shape index (κ2) is 15.1. The van der Waals surface area contributed by atoms with Crippen LogP contribution in [0.4, 0.5) is 8.78 Å². The van der Waals surface area contributed by atoms with E-state index in [0.29, 0.717) is 11.8 Å². The number of hydrogen-bond acceptors (Lipinski definition) is 1. The average molecular weight is 549 g/mol. The van der Waals surface area contributed by atoms with E-state index in [1.807, 2.05) is 24.3 Å². The van der Waals surface area contributed by atoms with Crippen LogP contribution in [-0.2, 0) is 10.8 Å². The Labute approximate surface area is 242 Å². The van der Waals surface area contributed by atoms with Gasteiger partial charge in [0.05, 0.1) is 11.7 Å². The molecule has 2 aliphatic carbocycles. The summed E-state index contributed by atoms with van der Waals surface area (Å²) in [5.74, 6) is 2.70. The van der Waals surface area contributed by atoms with Crippen LogP contribution in [0.3, 0.4) is 0 Å². The van der Waals surface area contributed by atoms with Crippen LogP contribution in [0.2, 0.25) is 0 Å². The third-order valence-electron chi connectivity index (χ3n) is 9.57. The zero-order chi connectivity index (χ0) is 28.4. The molecule has 0 heterocycles. The molecule has 218 valence electrons. The third-order valence-corrected chi connectivity index (χ3v) is 9.57. The molecule has 0 saturated heterocycles. The predicted molar refractivity (Wildman–Crippen MR) is 164 cm³/mol. The Balaban J connectivity index is 1.26. The van der Waals surface area contributed by atoms with Gasteiger partial charge in [0, 0.05) is 0 Å². The van der Waals surface area contributed by atoms with Gasteiger partial charge in [-0.05, 0) is 138 Å². The van der Waals surface area contributed by atoms with E-state index in [2.05, 4.69) is 50.3 Å². The number of halogens is 2. The molecule has 2 aromatic carbocycles. The lowest BCUT2D eigenvalue weighted by molar-refractivity contribution is -0.272. The van der Waals surface area contributed by atoms with Crippen molar-refractivity contribution in [1.29, 1.82) is 0 Å². The highest BCUT2D eigenvalue weighted by atomic mass is 19.3. The molecule has 1 nitrogen and oxygen atoms in total. The van der Waals surface area contributed by atoms with Crippen LogP contribution in [0.25, 0.3) is 0 Å². The van der Waals surface area contributed by atoms with Gasteiger partial charge in [0.25, 0.3) is 0 Å². The van der Waals surface area contributed by atoms with Crippen LogP contribution in [0.1, 0.15) is 138 Å². The lowest BCUT2D eigenvalue weighted by Gasteiger charge is -2.29. The zero-order valence-corrected chi connectivity index (χ0v) is 25.0. The van der Waals surface area contributed by atoms with Gasteiger partial charge in [0.15, 0.2) is 0 Å². The summed E-state index contributed by atoms with van der Waals surface area (Å²) >= 11 is 0. The first kappa shape index (κ1) is 30.7. The van der Waals surface area contributed by atoms with Crippen LogP contribution >= 0.6 is 0 Å². The van der Waals surface area contributed by atoms with Gasteiger partial charge in [-0.2, -0.15) is 8.78 Å². The van der Waals surface area contributed by atoms with E-state index in [1.165, 1.54) is 68.9 Å². The van der Waals surface area contributed by atoms with Crippen molar-refractivity contribution in [3.8, 4) is 0 Å². The van der Waals surface area contributed by atoms with E-state index in [0.717, 1.165) is 36.7 Å². The van der Waals surface area contributed by atoms with Crippen molar-refractivity contribution in [2.45, 2.75) is 122 Å². The van der Waals surface area contributed by atoms with E-state index in [4.69, 9.17) is 4.74 Å². The standard InChI is InChI=1S/C37H50F2O/c1-4-6-8-10-29-12-16-32(17-13-29)34-22-20-31(21-23-34)28(3)40-37(38,39)36-26-24-35(25-27-36)33-18-14-30(15-19-33)11-9-7-5-2/h4-7,20-30,32-33H,8-19H2,1-3H3/b6-4+,7-5+. The fraction of sp³-hybridized carbons (Fsp3) is 0.568. The molecule has 2 saturated carbocycles. The number of rotatable bonds is 12. The summed E-state index contributed by atoms with van der Waals surface area (Å²) in [5.41, 5.74) is 3.25. The van der Waals surface area contributed by atoms with Gasteiger partial charge < -0.3 is 4.74 Å². The average Bonchev–Trinajstić information content (AvgIpc) is 2.98. The van der Waals surface area contributed by atoms with E-state index in [-0.39, 0.29) is 5.56 Å². The SMILES string of the molecule is C/C=C/CCC1CCC(c2ccc(C(C)OC(F)(F)c3ccc(C4CCC(CC/C=C/C)CC4)cc3)cc2)CC1. The Morgan fingerprint density at radius 1 is 0.700 bits per heavy atom. The molecule has 2 aliphatic rings. The molecule has 0 aliphatic heterocycles. The first-order valence-corrected chi connectivity index (χ1v) is 15.9. The topological polar surface area (TPSA) is 9.23 Å². The minimum atomic E-state index is -3.33. The largest absolute Gasteiger partial charge is 0.383 e. The molecular weight excluding hydrogens is 498 g/mol. The normalized spacial score (nSPS) is 25.0. The minimum Gasteiger partial charge on any atom is -0.309 e. The molecule has 4 rings (SSSR count). The first-order valence-electron chi connectivity index (χ1n) is 15.9. The lowest BCUT2D eigenvalue weighted by Crippen LogP contribution is -2.21. The lowest BCUT2D eigenvalue weighted by atomic mass is 9.77. The van der Waals surface area contributed by atoms with Gasteiger partial charge in [-0.3, -0.25) is 0 Å². The van der Waals surface area contributed by atoms with E-state index in [1.54, 1.807) is 19.1 Å². The molecule has 3 heteroatoms. The van der Waals surface area contributed by atoms with Crippen LogP contribution in [0.15, 0.2) is 72.8 Å². The molecule has 0 bridgehead atoms. The van der Waals surface area contributed by atoms with Crippen LogP contribution in [0, 0.1) is 11.8 Å². The van der Waals surface area contributed by atoms with E-state index >= 15 is 8.78 Å². The highest BCUT2D eigenvalue weighted by Gasteiger charge is 2.35. The summed E-state index contributed by atoms with van der Waals surface area (Å²) in [6.07, 6.45) is 19.5. The molecular formula is C37H50F2O. The maximum absolute atomic E-state index is 15.2. The zero-order valence-electron chi connectivity index (χ0n) is 25.0. The first-order chi connectivity index (χ1) is 19.4. The van der Waals surface area contributed by atoms with E-state index in [9.17, 15) is 0 Å². The number of hydrogen-bond donors (Lipinski definition) is 0. The summed E-state index contributed by atoms with van der Waals surface area (Å²) in [7, 11) is 0. The Morgan fingerprint density at radius 3 is 1.55 bits per heavy atom. The maximum atomic E-state index is 15.2. The number of ether oxygens (including phenoxy) is 1. The molecule has 1 unspecified atom stereocenters. The Bertz CT molecular complexity index is 1050. The Morgan fingerprint density at radius 2 is 1.12 bits per heavy atom. The Hall–Kier alpha value is -2.26. The highest BCUT2D eigenvalue weighted by Crippen LogP contribution is 2.41. The van der Waals surface area contributed by atoms with Crippen molar-refractivity contribution in [3.05, 3.63) is 95.1 Å². The van der Waals surface area contributed by atoms with Gasteiger partial charge in [-0.25, -0.2) is 0 Å². The number of alkyl halides is 2. The highest BCUT2D eigenvalue weighted by molar-refractivity contribution is 5.29. The van der Waals surface area contributed by atoms with E-state index < -0.39 is 12.2 Å². The molecule has 2 fully saturated rings. The summed E-state index contributed by atoms with van der Waals surface area (Å²) in [5, 5.41) is 0. The molecule has 0 radical (unpaired) electrons. The number of allylic oxidation sites excluding steroid dienone is 4. The van der Waals surface area contributed by atoms with Crippen molar-refractivity contribution >= 4 is 0 Å². The summed E-state index contributed by atoms with van der Waals surface area (Å²) in [6.45, 7) is 5.89. The second-order valence-electron chi connectivity index (χ2n) is 12.3. The minimum absolute atomic E-state index is 0.0639. The van der Waals surface area contributed by atoms with Crippen molar-refractivity contribution in [3.63, 3.8) is 0 Å². The monoisotopic (exact) mass is 548 g/mol. The molecule has 0 amide bonds. The molecule has 0 aromatic heterocycles.